The van der Waals surface area contributed by atoms with Crippen molar-refractivity contribution < 1.29 is 18.3 Å². The lowest BCUT2D eigenvalue weighted by Crippen LogP contribution is -2.38. The number of carboxylic acid groups (broad SMARTS) is 1. The van der Waals surface area contributed by atoms with E-state index in [1.54, 1.807) is 43.3 Å². The second-order valence-electron chi connectivity index (χ2n) is 4.13. The summed E-state index contributed by atoms with van der Waals surface area (Å²) in [5, 5.41) is 15.1. The third-order valence-corrected chi connectivity index (χ3v) is 5.24. The standard InChI is InChI=1S/C13H15NO4S/c1-2-11(9-14)19(17,18)12(13(15)16)8-10-6-4-3-5-7-10/h3-7,11-12H,2,8H2,1H3,(H,15,16). The summed E-state index contributed by atoms with van der Waals surface area (Å²) in [5.74, 6) is -1.42. The van der Waals surface area contributed by atoms with Crippen molar-refractivity contribution in [3.63, 3.8) is 0 Å². The molecule has 0 saturated heterocycles. The monoisotopic (exact) mass is 281 g/mol. The molecule has 6 heteroatoms. The molecule has 0 aromatic heterocycles. The Labute approximate surface area is 112 Å². The van der Waals surface area contributed by atoms with Crippen LogP contribution in [0.5, 0.6) is 0 Å². The summed E-state index contributed by atoms with van der Waals surface area (Å²) in [6.45, 7) is 1.55. The van der Waals surface area contributed by atoms with Crippen LogP contribution in [0.15, 0.2) is 30.3 Å². The Balaban J connectivity index is 3.09. The lowest BCUT2D eigenvalue weighted by atomic mass is 10.1. The minimum atomic E-state index is -4.02. The molecule has 0 heterocycles. The van der Waals surface area contributed by atoms with Gasteiger partial charge in [-0.1, -0.05) is 37.3 Å². The Hall–Kier alpha value is -1.87. The Bertz CT molecular complexity index is 574. The maximum atomic E-state index is 12.1. The normalized spacial score (nSPS) is 14.3. The Kier molecular flexibility index (Phi) is 5.07. The molecule has 102 valence electrons. The Morgan fingerprint density at radius 3 is 2.37 bits per heavy atom. The van der Waals surface area contributed by atoms with Gasteiger partial charge in [0.25, 0.3) is 0 Å². The first-order valence-corrected chi connectivity index (χ1v) is 7.43. The average Bonchev–Trinajstić information content (AvgIpc) is 2.37. The largest absolute Gasteiger partial charge is 0.480 e. The van der Waals surface area contributed by atoms with Crippen LogP contribution in [-0.2, 0) is 21.1 Å². The van der Waals surface area contributed by atoms with E-state index in [1.165, 1.54) is 0 Å². The van der Waals surface area contributed by atoms with E-state index in [0.717, 1.165) is 0 Å². The molecule has 1 N–H and O–H groups in total. The zero-order chi connectivity index (χ0) is 14.5. The van der Waals surface area contributed by atoms with E-state index in [1.807, 2.05) is 0 Å². The number of nitrogens with zero attached hydrogens (tertiary/aromatic N) is 1. The molecule has 0 bridgehead atoms. The zero-order valence-electron chi connectivity index (χ0n) is 10.5. The highest BCUT2D eigenvalue weighted by Gasteiger charge is 2.38. The Morgan fingerprint density at radius 2 is 1.95 bits per heavy atom. The first-order chi connectivity index (χ1) is 8.93. The lowest BCUT2D eigenvalue weighted by Gasteiger charge is -2.16. The number of carbonyl (C=O) groups is 1. The summed E-state index contributed by atoms with van der Waals surface area (Å²) in [7, 11) is -4.02. The van der Waals surface area contributed by atoms with Crippen LogP contribution in [-0.4, -0.2) is 30.0 Å². The van der Waals surface area contributed by atoms with Crippen molar-refractivity contribution in [2.45, 2.75) is 30.3 Å². The van der Waals surface area contributed by atoms with E-state index in [0.29, 0.717) is 5.56 Å². The first kappa shape index (κ1) is 15.2. The van der Waals surface area contributed by atoms with Crippen LogP contribution >= 0.6 is 0 Å². The van der Waals surface area contributed by atoms with Gasteiger partial charge in [0.1, 0.15) is 5.25 Å². The van der Waals surface area contributed by atoms with Crippen molar-refractivity contribution >= 4 is 15.8 Å². The van der Waals surface area contributed by atoms with Gasteiger partial charge in [0.05, 0.1) is 6.07 Å². The summed E-state index contributed by atoms with van der Waals surface area (Å²) >= 11 is 0. The second-order valence-corrected chi connectivity index (χ2v) is 6.45. The maximum absolute atomic E-state index is 12.1. The molecule has 1 aromatic carbocycles. The maximum Gasteiger partial charge on any atom is 0.322 e. The van der Waals surface area contributed by atoms with E-state index in [2.05, 4.69) is 0 Å². The van der Waals surface area contributed by atoms with Gasteiger partial charge in [-0.2, -0.15) is 5.26 Å². The molecule has 0 aliphatic carbocycles. The van der Waals surface area contributed by atoms with Crippen molar-refractivity contribution in [2.24, 2.45) is 0 Å². The van der Waals surface area contributed by atoms with Gasteiger partial charge in [-0.3, -0.25) is 4.79 Å². The number of benzene rings is 1. The number of hydrogen-bond donors (Lipinski definition) is 1. The fraction of sp³-hybridized carbons (Fsp3) is 0.385. The van der Waals surface area contributed by atoms with E-state index >= 15 is 0 Å². The van der Waals surface area contributed by atoms with Crippen LogP contribution in [0.3, 0.4) is 0 Å². The molecule has 5 nitrogen and oxygen atoms in total. The fourth-order valence-electron chi connectivity index (χ4n) is 1.77. The number of sulfone groups is 1. The van der Waals surface area contributed by atoms with E-state index in [-0.39, 0.29) is 12.8 Å². The number of nitriles is 1. The second kappa shape index (κ2) is 6.34. The smallest absolute Gasteiger partial charge is 0.322 e. The fourth-order valence-corrected chi connectivity index (χ4v) is 3.48. The Morgan fingerprint density at radius 1 is 1.37 bits per heavy atom. The predicted octanol–water partition coefficient (Wildman–Crippen LogP) is 1.40. The molecular weight excluding hydrogens is 266 g/mol. The van der Waals surface area contributed by atoms with Gasteiger partial charge in [0, 0.05) is 0 Å². The summed E-state index contributed by atoms with van der Waals surface area (Å²) in [6, 6.07) is 10.2. The molecule has 0 saturated carbocycles. The van der Waals surface area contributed by atoms with Crippen molar-refractivity contribution in [1.29, 1.82) is 5.26 Å². The minimum absolute atomic E-state index is 0.0808. The van der Waals surface area contributed by atoms with Gasteiger partial charge in [0.2, 0.25) is 0 Å². The molecular formula is C13H15NO4S. The quantitative estimate of drug-likeness (QED) is 0.850. The average molecular weight is 281 g/mol. The molecule has 0 radical (unpaired) electrons. The molecule has 19 heavy (non-hydrogen) atoms. The van der Waals surface area contributed by atoms with Gasteiger partial charge in [0.15, 0.2) is 15.1 Å². The third-order valence-electron chi connectivity index (χ3n) is 2.85. The SMILES string of the molecule is CCC(C#N)S(=O)(=O)C(Cc1ccccc1)C(=O)O. The molecule has 1 rings (SSSR count). The molecule has 0 aliphatic rings. The van der Waals surface area contributed by atoms with E-state index in [4.69, 9.17) is 10.4 Å². The number of rotatable bonds is 6. The van der Waals surface area contributed by atoms with E-state index < -0.39 is 26.3 Å². The highest BCUT2D eigenvalue weighted by Crippen LogP contribution is 2.17. The van der Waals surface area contributed by atoms with Crippen LogP contribution in [0.25, 0.3) is 0 Å². The predicted molar refractivity (Wildman–Crippen MR) is 70.2 cm³/mol. The molecule has 2 unspecified atom stereocenters. The van der Waals surface area contributed by atoms with Crippen molar-refractivity contribution in [3.8, 4) is 6.07 Å². The zero-order valence-corrected chi connectivity index (χ0v) is 11.3. The number of carboxylic acids is 1. The molecule has 0 spiro atoms. The highest BCUT2D eigenvalue weighted by atomic mass is 32.2. The molecule has 0 aliphatic heterocycles. The number of aliphatic carboxylic acids is 1. The van der Waals surface area contributed by atoms with Crippen molar-refractivity contribution in [2.75, 3.05) is 0 Å². The third kappa shape index (κ3) is 3.55. The van der Waals surface area contributed by atoms with Gasteiger partial charge in [-0.05, 0) is 18.4 Å². The number of hydrogen-bond acceptors (Lipinski definition) is 4. The van der Waals surface area contributed by atoms with Crippen LogP contribution in [0.2, 0.25) is 0 Å². The van der Waals surface area contributed by atoms with Crippen LogP contribution < -0.4 is 0 Å². The van der Waals surface area contributed by atoms with Crippen LogP contribution in [0.4, 0.5) is 0 Å². The molecule has 0 amide bonds. The molecule has 0 fully saturated rings. The van der Waals surface area contributed by atoms with Crippen molar-refractivity contribution in [3.05, 3.63) is 35.9 Å². The minimum Gasteiger partial charge on any atom is -0.480 e. The molecule has 2 atom stereocenters. The first-order valence-electron chi connectivity index (χ1n) is 5.82. The summed E-state index contributed by atoms with van der Waals surface area (Å²) in [5.41, 5.74) is 0.617. The summed E-state index contributed by atoms with van der Waals surface area (Å²) in [6.07, 6.45) is -0.0475. The van der Waals surface area contributed by atoms with Crippen LogP contribution in [0, 0.1) is 11.3 Å². The van der Waals surface area contributed by atoms with E-state index in [9.17, 15) is 13.2 Å². The molecule has 1 aromatic rings. The van der Waals surface area contributed by atoms with Crippen molar-refractivity contribution in [1.82, 2.24) is 0 Å². The topological polar surface area (TPSA) is 95.2 Å². The van der Waals surface area contributed by atoms with Gasteiger partial charge < -0.3 is 5.11 Å². The van der Waals surface area contributed by atoms with Gasteiger partial charge in [-0.25, -0.2) is 8.42 Å². The summed E-state index contributed by atoms with van der Waals surface area (Å²) in [4.78, 5) is 11.2. The summed E-state index contributed by atoms with van der Waals surface area (Å²) < 4.78 is 24.3. The van der Waals surface area contributed by atoms with Gasteiger partial charge >= 0.3 is 5.97 Å². The van der Waals surface area contributed by atoms with Gasteiger partial charge in [-0.15, -0.1) is 0 Å². The lowest BCUT2D eigenvalue weighted by molar-refractivity contribution is -0.136. The van der Waals surface area contributed by atoms with Crippen LogP contribution in [0.1, 0.15) is 18.9 Å². The highest BCUT2D eigenvalue weighted by molar-refractivity contribution is 7.93.